The van der Waals surface area contributed by atoms with E-state index in [1.165, 1.54) is 35.6 Å². The largest absolute Gasteiger partial charge is 0.506 e. The maximum absolute atomic E-state index is 14.7. The predicted octanol–water partition coefficient (Wildman–Crippen LogP) is -1.56. The number of nitrogens with one attached hydrogen (secondary N) is 8. The van der Waals surface area contributed by atoms with Gasteiger partial charge < -0.3 is 79.6 Å². The molecule has 2 aromatic carbocycles. The molecule has 430 valence electrons. The molecule has 1 saturated heterocycles. The molecule has 79 heavy (non-hydrogen) atoms. The van der Waals surface area contributed by atoms with Crippen molar-refractivity contribution in [3.05, 3.63) is 77.9 Å². The number of likely N-dealkylation sites (tertiary alicyclic amines) is 1. The normalized spacial score (nSPS) is 16.7. The van der Waals surface area contributed by atoms with Crippen LogP contribution < -0.4 is 54.4 Å². The van der Waals surface area contributed by atoms with Crippen LogP contribution in [0.3, 0.4) is 0 Å². The van der Waals surface area contributed by atoms with Crippen molar-refractivity contribution in [3.8, 4) is 5.75 Å². The van der Waals surface area contributed by atoms with Crippen molar-refractivity contribution in [1.82, 2.24) is 52.1 Å². The van der Waals surface area contributed by atoms with E-state index in [0.717, 1.165) is 0 Å². The lowest BCUT2D eigenvalue weighted by Gasteiger charge is -2.32. The molecule has 3 aromatic rings. The molecule has 27 heteroatoms. The van der Waals surface area contributed by atoms with E-state index in [4.69, 9.17) is 21.3 Å². The average Bonchev–Trinajstić information content (AvgIpc) is 4.27. The number of nitrogens with zero attached hydrogens (tertiary/aromatic N) is 3. The van der Waals surface area contributed by atoms with E-state index in [1.54, 1.807) is 58.0 Å². The predicted molar refractivity (Wildman–Crippen MR) is 287 cm³/mol. The number of hydrogen-bond donors (Lipinski definition) is 14. The first-order valence-corrected chi connectivity index (χ1v) is 25.6. The molecule has 0 saturated carbocycles. The highest BCUT2D eigenvalue weighted by molar-refractivity contribution is 5.98. The van der Waals surface area contributed by atoms with E-state index in [2.05, 4.69) is 46.9 Å². The van der Waals surface area contributed by atoms with Gasteiger partial charge in [-0.1, -0.05) is 70.5 Å². The molecule has 17 N–H and O–H groups in total. The minimum Gasteiger partial charge on any atom is -0.506 e. The van der Waals surface area contributed by atoms with Crippen LogP contribution in [0.2, 0.25) is 0 Å². The standard InChI is InChI=1S/C52H74N14O13/c1-6-28(4)43(49(76)62-37(23-32-25-56-26-58-32)50(77)66-19-11-15-39(66)47(74)63-38(51(78)79)21-30-12-8-7-9-13-30)65-46(73)35(22-31-16-17-40(68)33(53)20-31)61-48(75)42(27(2)3)64-44(71)34(14-10-18-57-52(54)55)60-45(72)36(24-41(69)70)59-29(5)67/h7-9,12-13,16-17,20,25-28,34-39,42-43,68H,6,10-11,14-15,18-19,21-24,53H2,1-5H3,(H,56,58)(H,59,67)(H,60,72)(H,61,75)(H,62,76)(H,63,74)(H,64,71)(H,65,73)(H,69,70)(H,78,79)(H4,54,55,57)/t28-,34-,35-,36-,37-,38-,39-,42-,43-/m0/s1/i5D3. The number of nitrogen functional groups attached to an aromatic ring is 1. The molecule has 0 spiro atoms. The summed E-state index contributed by atoms with van der Waals surface area (Å²) in [5.74, 6) is -12.9. The molecule has 8 amide bonds. The Kier molecular flexibility index (Phi) is 22.2. The van der Waals surface area contributed by atoms with Crippen molar-refractivity contribution in [3.63, 3.8) is 0 Å². The first-order valence-electron chi connectivity index (χ1n) is 27.1. The van der Waals surface area contributed by atoms with Crippen LogP contribution in [-0.4, -0.2) is 157 Å². The van der Waals surface area contributed by atoms with Gasteiger partial charge in [-0.25, -0.2) is 9.78 Å². The summed E-state index contributed by atoms with van der Waals surface area (Å²) in [6, 6.07) is 0.885. The minimum atomic E-state index is -3.27. The second kappa shape index (κ2) is 30.2. The summed E-state index contributed by atoms with van der Waals surface area (Å²) < 4.78 is 22.1. The number of amides is 8. The molecular formula is C52H74N14O13. The molecule has 4 rings (SSSR count). The number of aromatic amines is 1. The van der Waals surface area contributed by atoms with Gasteiger partial charge in [-0.2, -0.15) is 0 Å². The van der Waals surface area contributed by atoms with Gasteiger partial charge in [0.15, 0.2) is 5.96 Å². The van der Waals surface area contributed by atoms with Crippen LogP contribution in [0.15, 0.2) is 66.0 Å². The second-order valence-corrected chi connectivity index (χ2v) is 19.5. The molecule has 0 bridgehead atoms. The number of nitrogens with two attached hydrogens (primary N) is 3. The monoisotopic (exact) mass is 1110 g/mol. The molecule has 2 heterocycles. The lowest BCUT2D eigenvalue weighted by molar-refractivity contribution is -0.145. The third-order valence-electron chi connectivity index (χ3n) is 13.1. The number of aliphatic imine (C=N–C) groups is 1. The molecule has 0 aliphatic carbocycles. The van der Waals surface area contributed by atoms with Gasteiger partial charge in [-0.05, 0) is 60.8 Å². The van der Waals surface area contributed by atoms with Crippen LogP contribution in [-0.2, 0) is 67.2 Å². The maximum atomic E-state index is 14.7. The quantitative estimate of drug-likeness (QED) is 0.0118. The van der Waals surface area contributed by atoms with E-state index >= 15 is 0 Å². The summed E-state index contributed by atoms with van der Waals surface area (Å²) in [5.41, 5.74) is 18.2. The number of phenolic OH excluding ortho intramolecular Hbond substituents is 1. The molecule has 27 nitrogen and oxygen atoms in total. The molecule has 1 aromatic heterocycles. The Bertz CT molecular complexity index is 2760. The zero-order valence-electron chi connectivity index (χ0n) is 47.3. The van der Waals surface area contributed by atoms with Crippen molar-refractivity contribution < 1.29 is 67.4 Å². The third kappa shape index (κ3) is 19.6. The van der Waals surface area contributed by atoms with Crippen LogP contribution in [0.25, 0.3) is 0 Å². The second-order valence-electron chi connectivity index (χ2n) is 19.5. The number of aliphatic carboxylic acids is 2. The highest BCUT2D eigenvalue weighted by atomic mass is 16.4. The number of aromatic nitrogens is 2. The van der Waals surface area contributed by atoms with E-state index in [-0.39, 0.29) is 69.0 Å². The minimum absolute atomic E-state index is 0.0154. The average molecular weight is 1110 g/mol. The molecule has 0 unspecified atom stereocenters. The first kappa shape index (κ1) is 57.9. The van der Waals surface area contributed by atoms with Crippen LogP contribution in [0.5, 0.6) is 5.75 Å². The molecular weight excluding hydrogens is 1030 g/mol. The molecule has 1 aliphatic rings. The number of guanidine groups is 1. The van der Waals surface area contributed by atoms with E-state index in [1.807, 2.05) is 5.32 Å². The van der Waals surface area contributed by atoms with Gasteiger partial charge in [0, 0.05) is 55.2 Å². The fourth-order valence-electron chi connectivity index (χ4n) is 8.67. The van der Waals surface area contributed by atoms with Gasteiger partial charge in [-0.3, -0.25) is 48.1 Å². The van der Waals surface area contributed by atoms with Gasteiger partial charge in [0.2, 0.25) is 47.3 Å². The number of H-pyrrole nitrogens is 1. The summed E-state index contributed by atoms with van der Waals surface area (Å²) in [6.07, 6.45) is 1.83. The molecule has 0 radical (unpaired) electrons. The van der Waals surface area contributed by atoms with E-state index < -0.39 is 133 Å². The summed E-state index contributed by atoms with van der Waals surface area (Å²) in [5, 5.41) is 47.1. The topological polar surface area (TPSA) is 438 Å². The number of phenols is 1. The number of carboxylic acids is 2. The lowest BCUT2D eigenvalue weighted by Crippen LogP contribution is -2.62. The van der Waals surface area contributed by atoms with Crippen molar-refractivity contribution in [2.75, 3.05) is 18.8 Å². The lowest BCUT2D eigenvalue weighted by atomic mass is 9.96. The summed E-state index contributed by atoms with van der Waals surface area (Å²) in [7, 11) is 0. The number of rotatable bonds is 30. The zero-order chi connectivity index (χ0) is 61.0. The van der Waals surface area contributed by atoms with Gasteiger partial charge in [0.25, 0.3) is 0 Å². The van der Waals surface area contributed by atoms with E-state index in [9.17, 15) is 63.3 Å². The zero-order valence-corrected chi connectivity index (χ0v) is 44.3. The Balaban J connectivity index is 1.63. The van der Waals surface area contributed by atoms with Crippen LogP contribution >= 0.6 is 0 Å². The number of carbonyl (C=O) groups is 10. The molecule has 9 atom stereocenters. The smallest absolute Gasteiger partial charge is 0.326 e. The number of hydrogen-bond acceptors (Lipinski definition) is 14. The fraction of sp³-hybridized carbons (Fsp3) is 0.500. The first-order chi connectivity index (χ1) is 38.6. The van der Waals surface area contributed by atoms with Crippen molar-refractivity contribution in [1.29, 1.82) is 0 Å². The number of carboxylic acid groups (broad SMARTS) is 2. The van der Waals surface area contributed by atoms with Crippen molar-refractivity contribution in [2.45, 2.75) is 141 Å². The van der Waals surface area contributed by atoms with Crippen molar-refractivity contribution >= 4 is 70.8 Å². The number of benzene rings is 2. The van der Waals surface area contributed by atoms with Gasteiger partial charge >= 0.3 is 11.9 Å². The Labute approximate surface area is 460 Å². The highest BCUT2D eigenvalue weighted by Crippen LogP contribution is 2.23. The summed E-state index contributed by atoms with van der Waals surface area (Å²) >= 11 is 0. The SMILES string of the molecule is [2H]C([2H])([2H])C(=O)N[C@@H](CC(=O)O)C(=O)N[C@@H](CCCN=C(N)N)C(=O)N[C@H](C(=O)N[C@@H](Cc1ccc(O)c(N)c1)C(=O)N[C@H](C(=O)N[C@@H](Cc1cnc[nH]1)C(=O)N1CCC[C@H]1C(=O)N[C@@H](Cc1ccccc1)C(=O)O)[C@@H](C)CC)C(C)C. The van der Waals surface area contributed by atoms with Crippen LogP contribution in [0.4, 0.5) is 5.69 Å². The van der Waals surface area contributed by atoms with Gasteiger partial charge in [-0.15, -0.1) is 0 Å². The van der Waals surface area contributed by atoms with Crippen LogP contribution in [0, 0.1) is 11.8 Å². The van der Waals surface area contributed by atoms with Gasteiger partial charge in [0.05, 0.1) is 18.4 Å². The van der Waals surface area contributed by atoms with Crippen LogP contribution in [0.1, 0.15) is 94.0 Å². The Morgan fingerprint density at radius 1 is 0.772 bits per heavy atom. The maximum Gasteiger partial charge on any atom is 0.326 e. The number of aromatic hydroxyl groups is 1. The van der Waals surface area contributed by atoms with E-state index in [0.29, 0.717) is 29.7 Å². The summed E-state index contributed by atoms with van der Waals surface area (Å²) in [4.78, 5) is 148. The number of carbonyl (C=O) groups excluding carboxylic acids is 8. The Hall–Kier alpha value is -8.78. The molecule has 1 aliphatic heterocycles. The number of anilines is 1. The van der Waals surface area contributed by atoms with Crippen molar-refractivity contribution in [2.24, 2.45) is 28.3 Å². The third-order valence-corrected chi connectivity index (χ3v) is 13.1. The highest BCUT2D eigenvalue weighted by Gasteiger charge is 2.41. The summed E-state index contributed by atoms with van der Waals surface area (Å²) in [6.45, 7) is 3.23. The Morgan fingerprint density at radius 3 is 2.01 bits per heavy atom. The van der Waals surface area contributed by atoms with Gasteiger partial charge in [0.1, 0.15) is 54.1 Å². The molecule has 1 fully saturated rings. The Morgan fingerprint density at radius 2 is 1.41 bits per heavy atom. The number of imidazole rings is 1. The fourth-order valence-corrected chi connectivity index (χ4v) is 8.67.